The quantitative estimate of drug-likeness (QED) is 0.103. The molecule has 39 heteroatoms. The Morgan fingerprint density at radius 3 is 1.41 bits per heavy atom. The minimum atomic E-state index is -3.49. The lowest BCUT2D eigenvalue weighted by Crippen LogP contribution is -2.51. The maximum atomic E-state index is 12.5. The lowest BCUT2D eigenvalue weighted by Gasteiger charge is -2.43. The summed E-state index contributed by atoms with van der Waals surface area (Å²) in [6, 6.07) is 34.3. The van der Waals surface area contributed by atoms with E-state index < -0.39 is 51.1 Å². The number of aromatic nitrogens is 8. The summed E-state index contributed by atoms with van der Waals surface area (Å²) in [4.78, 5) is 81.9. The van der Waals surface area contributed by atoms with Gasteiger partial charge >= 0.3 is 25.3 Å². The molecule has 10 aromatic rings. The monoisotopic (exact) mass is 2320 g/mol. The average molecular weight is 2330 g/mol. The number of carboxylic acids is 1. The van der Waals surface area contributed by atoms with Crippen molar-refractivity contribution in [1.29, 1.82) is 0 Å². The third-order valence-corrected chi connectivity index (χ3v) is 27.4. The summed E-state index contributed by atoms with van der Waals surface area (Å²) in [7, 11) is -2.03. The number of nitrogens with two attached hydrogens (primary N) is 1. The number of carboxylic acid groups (broad SMARTS) is 1. The van der Waals surface area contributed by atoms with Gasteiger partial charge in [0.05, 0.1) is 41.4 Å². The highest BCUT2D eigenvalue weighted by Gasteiger charge is 2.55. The molecule has 14 heterocycles. The van der Waals surface area contributed by atoms with E-state index in [2.05, 4.69) is 247 Å². The molecule has 3 spiro atoms. The van der Waals surface area contributed by atoms with E-state index in [1.807, 2.05) is 121 Å². The predicted molar refractivity (Wildman–Crippen MR) is 547 cm³/mol. The number of hydrogen-bond acceptors (Lipinski definition) is 23. The molecule has 3 amide bonds. The standard InChI is InChI=1S/C24H34BNO5.C19H25NO3.C14H17NO.C10H13BrN2O.C6H3BrN2.C6H4BrNO2.C4H5BrN2.C4H3BrN2.C4H4BrNO2S2.C3H2BrNS/c1-21(2,3)29-20(27)26-14-12-24(13-15-26)16-18(17-10-8-9-11-19(17)28-24)25-30-22(4,5)23(6,7)31-25;1-14-13-19(22-16-8-6-5-7-15(14)16)9-11-20(12-10-19)17(21)23-18(2,3)4;1-11-10-14(6-8-15-9-7-14)16-13-5-3-2-4-12(11)13;1-3-13(4-2)10(14)8-5-9(11)7-12-6-8;1-8-6-3-2-5(7)4-9-6;7-5-1-4(6(9)10)2-8-3-5;1-7-2-4(5)6-3-7;5-4-1-6-3-7-2-4;5-3-1-2-4(9-3)10(6,7)8;4-3-5-1-2-6-3/h8-11,16H,12-15H2,1-7H3;5-8,13H,9-12H2,1-4H3;2-5,10,15H,6-9H2,1H3;5-7H,3-4H2,1-2H3;2-4H;1-3H,(H,9,10);2-3H,1H3;1-3H;1-2H,(H2,6,7,8);1-2H. The Bertz CT molecular complexity index is 5720. The number of likely N-dealkylation sites (tertiary alicyclic amines) is 2. The molecule has 7 aliphatic heterocycles. The summed E-state index contributed by atoms with van der Waals surface area (Å²) in [6.45, 7) is 40.4. The van der Waals surface area contributed by atoms with Crippen LogP contribution in [-0.4, -0.2) is 190 Å². The van der Waals surface area contributed by atoms with Gasteiger partial charge < -0.3 is 67.5 Å². The van der Waals surface area contributed by atoms with E-state index in [1.165, 1.54) is 47.6 Å². The topological polar surface area (TPSA) is 335 Å². The van der Waals surface area contributed by atoms with Crippen molar-refractivity contribution >= 4 is 198 Å². The number of para-hydroxylation sites is 3. The molecule has 0 atom stereocenters. The minimum Gasteiger partial charge on any atom is -0.482 e. The zero-order valence-corrected chi connectivity index (χ0v) is 90.1. The van der Waals surface area contributed by atoms with Crippen molar-refractivity contribution in [3.8, 4) is 17.2 Å². The number of imidazole rings is 1. The Hall–Kier alpha value is -8.47. The number of hydrogen-bond donors (Lipinski definition) is 3. The molecule has 4 saturated heterocycles. The van der Waals surface area contributed by atoms with Crippen LogP contribution in [0.25, 0.3) is 21.5 Å². The number of nitrogens with one attached hydrogen (secondary N) is 1. The van der Waals surface area contributed by atoms with Crippen molar-refractivity contribution in [2.75, 3.05) is 52.4 Å². The number of nitrogens with zero attached hydrogens (tertiary/aromatic N) is 12. The number of carbonyl (C=O) groups is 4. The van der Waals surface area contributed by atoms with Crippen molar-refractivity contribution < 1.29 is 65.7 Å². The van der Waals surface area contributed by atoms with E-state index in [-0.39, 0.29) is 39.1 Å². The zero-order valence-electron chi connectivity index (χ0n) is 76.6. The van der Waals surface area contributed by atoms with Gasteiger partial charge in [-0.15, -0.1) is 27.7 Å². The number of sulfonamides is 1. The Morgan fingerprint density at radius 2 is 1.05 bits per heavy atom. The highest BCUT2D eigenvalue weighted by atomic mass is 79.9. The van der Waals surface area contributed by atoms with E-state index in [0.717, 1.165) is 123 Å². The number of allylic oxidation sites excluding steroid dienone is 2. The van der Waals surface area contributed by atoms with Crippen molar-refractivity contribution in [3.63, 3.8) is 0 Å². The fourth-order valence-corrected chi connectivity index (χ4v) is 18.5. The number of primary sulfonamides is 1. The van der Waals surface area contributed by atoms with Crippen LogP contribution in [-0.2, 0) is 35.9 Å². The van der Waals surface area contributed by atoms with Crippen molar-refractivity contribution in [3.05, 3.63) is 271 Å². The molecule has 4 N–H and O–H groups in total. The van der Waals surface area contributed by atoms with Gasteiger partial charge in [-0.1, -0.05) is 67.2 Å². The number of carbonyl (C=O) groups excluding carboxylic acids is 3. The van der Waals surface area contributed by atoms with E-state index in [0.29, 0.717) is 54.9 Å². The first-order valence-corrected chi connectivity index (χ1v) is 51.1. The number of thiophene rings is 1. The SMILES string of the molecule is Brc1cncnc1.Brc1nccs1.CC(C)(C)OC(=O)N1CCC2(C=C(B3OC(C)(C)C(C)(C)O3)c3ccccc3O2)CC1.CC1=CC2(CCN(C(=O)OC(C)(C)C)CC2)Oc2ccccc21.CC1=CC2(CCNCC2)Oc2ccccc21.CCN(CC)C(=O)c1cncc(Br)c1.Cn1cnc(Br)c1.NS(=O)(=O)c1ccc(Br)s1.O=C(O)c1cncc(Br)c1.[C-]#[N+]c1ccc(Br)cn1. The Balaban J connectivity index is 0.000000191. The third kappa shape index (κ3) is 34.9. The van der Waals surface area contributed by atoms with Crippen LogP contribution in [0.3, 0.4) is 0 Å². The van der Waals surface area contributed by atoms with Gasteiger partial charge in [0.25, 0.3) is 11.7 Å². The van der Waals surface area contributed by atoms with E-state index in [4.69, 9.17) is 49.8 Å². The fourth-order valence-electron chi connectivity index (χ4n) is 13.7. The van der Waals surface area contributed by atoms with E-state index in [1.54, 1.807) is 93.8 Å². The van der Waals surface area contributed by atoms with Crippen LogP contribution in [0.4, 0.5) is 15.4 Å². The van der Waals surface area contributed by atoms with Gasteiger partial charge in [0, 0.05) is 165 Å². The van der Waals surface area contributed by atoms with Gasteiger partial charge in [-0.25, -0.2) is 47.9 Å². The maximum Gasteiger partial charge on any atom is 0.495 e. The van der Waals surface area contributed by atoms with E-state index >= 15 is 0 Å². The number of thiazole rings is 1. The van der Waals surface area contributed by atoms with Crippen LogP contribution < -0.4 is 24.7 Å². The minimum absolute atomic E-state index is 0.0313. The molecule has 0 aliphatic carbocycles. The Labute approximate surface area is 846 Å². The van der Waals surface area contributed by atoms with Crippen LogP contribution in [0.2, 0.25) is 0 Å². The number of amides is 3. The summed E-state index contributed by atoms with van der Waals surface area (Å²) in [5, 5.41) is 18.6. The Morgan fingerprint density at radius 1 is 0.594 bits per heavy atom. The molecule has 17 rings (SSSR count). The highest BCUT2D eigenvalue weighted by molar-refractivity contribution is 9.11. The highest BCUT2D eigenvalue weighted by Crippen LogP contribution is 2.48. The lowest BCUT2D eigenvalue weighted by molar-refractivity contribution is -0.00235. The molecule has 4 fully saturated rings. The normalized spacial score (nSPS) is 16.2. The molecule has 0 bridgehead atoms. The molecular formula is C94H110BBr7N14O14S3. The van der Waals surface area contributed by atoms with Crippen molar-refractivity contribution in [2.45, 2.75) is 179 Å². The molecule has 133 heavy (non-hydrogen) atoms. The number of fused-ring (bicyclic) bond motifs is 3. The second-order valence-corrected chi connectivity index (χ2v) is 44.7. The van der Waals surface area contributed by atoms with E-state index in [9.17, 15) is 27.6 Å². The van der Waals surface area contributed by atoms with Gasteiger partial charge in [-0.2, -0.15) is 0 Å². The molecule has 7 aliphatic rings. The van der Waals surface area contributed by atoms with Gasteiger partial charge in [0.2, 0.25) is 10.0 Å². The number of rotatable bonds is 6. The number of piperidine rings is 3. The largest absolute Gasteiger partial charge is 0.495 e. The summed E-state index contributed by atoms with van der Waals surface area (Å²) in [5.74, 6) is 2.32. The summed E-state index contributed by atoms with van der Waals surface area (Å²) < 4.78 is 72.0. The lowest BCUT2D eigenvalue weighted by atomic mass is 9.69. The number of pyridine rings is 3. The van der Waals surface area contributed by atoms with Crippen molar-refractivity contribution in [1.82, 2.24) is 59.5 Å². The van der Waals surface area contributed by atoms with Crippen LogP contribution in [0.5, 0.6) is 17.2 Å². The second kappa shape index (κ2) is 50.6. The fraction of sp³-hybridized carbons (Fsp3) is 0.383. The zero-order chi connectivity index (χ0) is 97.7. The van der Waals surface area contributed by atoms with Gasteiger partial charge in [0.1, 0.15) is 66.6 Å². The average Bonchev–Trinajstić information content (AvgIpc) is 1.63. The number of aromatic carboxylic acids is 1. The number of ether oxygens (including phenoxy) is 5. The maximum absolute atomic E-state index is 12.5. The molecule has 3 aromatic carbocycles. The van der Waals surface area contributed by atoms with Gasteiger partial charge in [-0.3, -0.25) is 14.8 Å². The van der Waals surface area contributed by atoms with Crippen LogP contribution in [0.15, 0.2) is 236 Å². The first kappa shape index (κ1) is 110. The molecule has 0 saturated carbocycles. The summed E-state index contributed by atoms with van der Waals surface area (Å²) in [6.07, 6.45) is 29.2. The third-order valence-electron chi connectivity index (χ3n) is 20.8. The van der Waals surface area contributed by atoms with Gasteiger partial charge in [-0.05, 0) is 305 Å². The molecule has 710 valence electrons. The molecule has 28 nitrogen and oxygen atoms in total. The predicted octanol–water partition coefficient (Wildman–Crippen LogP) is 23.5. The van der Waals surface area contributed by atoms with Crippen molar-refractivity contribution in [2.24, 2.45) is 12.2 Å². The smallest absolute Gasteiger partial charge is 0.482 e. The molecular weight excluding hydrogens is 2220 g/mol. The van der Waals surface area contributed by atoms with Crippen LogP contribution >= 0.6 is 134 Å². The molecule has 7 aromatic heterocycles. The first-order valence-electron chi connectivity index (χ1n) is 42.3. The first-order chi connectivity index (χ1) is 62.7. The number of benzene rings is 3. The van der Waals surface area contributed by atoms with Crippen LogP contribution in [0.1, 0.15) is 173 Å². The number of halogens is 7. The van der Waals surface area contributed by atoms with Crippen LogP contribution in [0, 0.1) is 6.57 Å². The Kier molecular flexibility index (Phi) is 41.8. The van der Waals surface area contributed by atoms with Gasteiger partial charge in [0.15, 0.2) is 3.92 Å². The second-order valence-electron chi connectivity index (χ2n) is 33.8. The summed E-state index contributed by atoms with van der Waals surface area (Å²) in [5.41, 5.74) is 5.19. The number of aryl methyl sites for hydroxylation is 1. The molecule has 0 unspecified atom stereocenters. The molecule has 0 radical (unpaired) electrons. The summed E-state index contributed by atoms with van der Waals surface area (Å²) >= 11 is 25.0.